The Labute approximate surface area is 269 Å². The maximum absolute atomic E-state index is 13.0. The topological polar surface area (TPSA) is 104 Å². The summed E-state index contributed by atoms with van der Waals surface area (Å²) in [5.74, 6) is 0.473. The van der Waals surface area contributed by atoms with E-state index in [1.807, 2.05) is 0 Å². The van der Waals surface area contributed by atoms with Crippen molar-refractivity contribution in [2.45, 2.75) is 112 Å². The van der Waals surface area contributed by atoms with Crippen molar-refractivity contribution in [3.05, 3.63) is 42.0 Å². The molecule has 5 saturated carbocycles. The fourth-order valence-corrected chi connectivity index (χ4v) is 12.7. The van der Waals surface area contributed by atoms with Gasteiger partial charge in [-0.1, -0.05) is 52.8 Å². The van der Waals surface area contributed by atoms with Gasteiger partial charge in [-0.15, -0.1) is 0 Å². The van der Waals surface area contributed by atoms with Crippen molar-refractivity contribution in [1.29, 1.82) is 0 Å². The van der Waals surface area contributed by atoms with E-state index in [-0.39, 0.29) is 51.2 Å². The van der Waals surface area contributed by atoms with Crippen LogP contribution < -0.4 is 0 Å². The molecule has 2 unspecified atom stereocenters. The van der Waals surface area contributed by atoms with Crippen LogP contribution in [0.4, 0.5) is 0 Å². The Bertz CT molecular complexity index is 1430. The molecule has 0 radical (unpaired) electrons. The van der Waals surface area contributed by atoms with Gasteiger partial charge in [-0.25, -0.2) is 4.79 Å². The van der Waals surface area contributed by atoms with E-state index in [0.717, 1.165) is 64.2 Å². The third kappa shape index (κ3) is 4.54. The predicted octanol–water partition coefficient (Wildman–Crippen LogP) is 8.77. The van der Waals surface area contributed by atoms with E-state index in [1.54, 1.807) is 12.1 Å². The van der Waals surface area contributed by atoms with Gasteiger partial charge in [0.15, 0.2) is 11.5 Å². The number of fused-ring (bicyclic) bond motifs is 7. The molecular formula is C39H54O6. The van der Waals surface area contributed by atoms with E-state index in [1.165, 1.54) is 23.8 Å². The van der Waals surface area contributed by atoms with Gasteiger partial charge >= 0.3 is 11.9 Å². The molecule has 5 aliphatic rings. The molecule has 6 nitrogen and oxygen atoms in total. The molecule has 0 aromatic heterocycles. The molecule has 6 rings (SSSR count). The number of rotatable bonds is 5. The molecule has 0 heterocycles. The first-order chi connectivity index (χ1) is 21.0. The van der Waals surface area contributed by atoms with Crippen LogP contribution in [0.3, 0.4) is 0 Å². The maximum atomic E-state index is 13.0. The fourth-order valence-electron chi connectivity index (χ4n) is 12.7. The first-order valence-electron chi connectivity index (χ1n) is 17.3. The Morgan fingerprint density at radius 3 is 2.27 bits per heavy atom. The van der Waals surface area contributed by atoms with Gasteiger partial charge in [0.1, 0.15) is 6.10 Å². The van der Waals surface area contributed by atoms with Gasteiger partial charge in [0.25, 0.3) is 0 Å². The highest BCUT2D eigenvalue weighted by Crippen LogP contribution is 2.77. The van der Waals surface area contributed by atoms with Gasteiger partial charge in [-0.05, 0) is 141 Å². The number of benzene rings is 1. The minimum Gasteiger partial charge on any atom is -0.504 e. The van der Waals surface area contributed by atoms with Crippen molar-refractivity contribution in [2.75, 3.05) is 0 Å². The summed E-state index contributed by atoms with van der Waals surface area (Å²) in [6.45, 7) is 18.7. The van der Waals surface area contributed by atoms with Crippen LogP contribution in [0.15, 0.2) is 36.4 Å². The van der Waals surface area contributed by atoms with Crippen molar-refractivity contribution in [1.82, 2.24) is 0 Å². The Kier molecular flexibility index (Phi) is 7.61. The van der Waals surface area contributed by atoms with Gasteiger partial charge in [0, 0.05) is 11.5 Å². The molecule has 0 spiro atoms. The van der Waals surface area contributed by atoms with E-state index < -0.39 is 11.4 Å². The maximum Gasteiger partial charge on any atom is 0.331 e. The number of phenolic OH excluding ortho intramolecular Hbond substituents is 2. The van der Waals surface area contributed by atoms with Crippen molar-refractivity contribution >= 4 is 18.0 Å². The number of ether oxygens (including phenoxy) is 1. The third-order valence-electron chi connectivity index (χ3n) is 15.1. The van der Waals surface area contributed by atoms with E-state index >= 15 is 0 Å². The Hall–Kier alpha value is -2.76. The standard InChI is InChI=1S/C39H54O6/c1-23(2)25-14-19-39(34(43)44)21-20-37(6)26(33(25)39)10-12-30-36(5)17-16-31(35(3,4)29(36)15-18-38(30,37)7)45-32(42)13-9-24-8-11-27(40)28(41)22-24/h8-9,11,13,22,25-26,29-31,33,40-41H,1,10,12,14-21H2,2-7H3,(H,43,44)/b13-9+/t25?,26-,29+,30-,31+,33?,36+,37-,38-,39+/m1/s1. The van der Waals surface area contributed by atoms with E-state index in [4.69, 9.17) is 4.74 Å². The highest BCUT2D eigenvalue weighted by Gasteiger charge is 2.72. The molecule has 1 aromatic carbocycles. The Morgan fingerprint density at radius 1 is 0.867 bits per heavy atom. The molecule has 0 amide bonds. The van der Waals surface area contributed by atoms with Crippen LogP contribution in [0.2, 0.25) is 0 Å². The van der Waals surface area contributed by atoms with Gasteiger partial charge in [-0.3, -0.25) is 4.79 Å². The van der Waals surface area contributed by atoms with Crippen molar-refractivity contribution < 1.29 is 29.6 Å². The normalized spacial score (nSPS) is 43.4. The van der Waals surface area contributed by atoms with Crippen LogP contribution in [0, 0.1) is 56.7 Å². The molecule has 1 aromatic rings. The number of carboxylic acids is 1. The molecule has 0 aliphatic heterocycles. The third-order valence-corrected chi connectivity index (χ3v) is 15.1. The number of hydrogen-bond donors (Lipinski definition) is 3. The first kappa shape index (κ1) is 32.2. The van der Waals surface area contributed by atoms with Crippen molar-refractivity contribution in [2.24, 2.45) is 56.7 Å². The lowest BCUT2D eigenvalue weighted by molar-refractivity contribution is -0.250. The minimum atomic E-state index is -0.598. The number of aliphatic carboxylic acids is 1. The smallest absolute Gasteiger partial charge is 0.331 e. The number of esters is 1. The number of allylic oxidation sites excluding steroid dienone is 1. The predicted molar refractivity (Wildman–Crippen MR) is 175 cm³/mol. The molecule has 10 atom stereocenters. The molecule has 45 heavy (non-hydrogen) atoms. The number of carboxylic acid groups (broad SMARTS) is 1. The highest BCUT2D eigenvalue weighted by molar-refractivity contribution is 5.87. The van der Waals surface area contributed by atoms with Crippen LogP contribution in [0.1, 0.15) is 111 Å². The molecule has 6 heteroatoms. The van der Waals surface area contributed by atoms with Crippen LogP contribution >= 0.6 is 0 Å². The molecular weight excluding hydrogens is 564 g/mol. The van der Waals surface area contributed by atoms with E-state index in [2.05, 4.69) is 48.1 Å². The second-order valence-electron chi connectivity index (χ2n) is 17.0. The summed E-state index contributed by atoms with van der Waals surface area (Å²) < 4.78 is 6.16. The van der Waals surface area contributed by atoms with Gasteiger partial charge in [-0.2, -0.15) is 0 Å². The summed E-state index contributed by atoms with van der Waals surface area (Å²) in [7, 11) is 0. The number of hydrogen-bond acceptors (Lipinski definition) is 5. The summed E-state index contributed by atoms with van der Waals surface area (Å²) in [5, 5.41) is 30.0. The lowest BCUT2D eigenvalue weighted by atomic mass is 9.32. The largest absolute Gasteiger partial charge is 0.504 e. The van der Waals surface area contributed by atoms with Crippen LogP contribution in [-0.2, 0) is 14.3 Å². The summed E-state index contributed by atoms with van der Waals surface area (Å²) in [6.07, 6.45) is 12.7. The fraction of sp³-hybridized carbons (Fsp3) is 0.692. The highest BCUT2D eigenvalue weighted by atomic mass is 16.5. The Morgan fingerprint density at radius 2 is 1.60 bits per heavy atom. The zero-order valence-corrected chi connectivity index (χ0v) is 28.2. The second-order valence-corrected chi connectivity index (χ2v) is 17.0. The summed E-state index contributed by atoms with van der Waals surface area (Å²) in [5.41, 5.74) is 1.34. The van der Waals surface area contributed by atoms with Gasteiger partial charge in [0.05, 0.1) is 5.41 Å². The van der Waals surface area contributed by atoms with E-state index in [0.29, 0.717) is 29.2 Å². The number of aromatic hydroxyl groups is 2. The molecule has 0 bridgehead atoms. The SMILES string of the molecule is C=C(C)C1CC[C@]2(C(=O)O)CC[C@]3(C)[C@H](CC[C@@H]4[C@@]5(C)CC[C@H](OC(=O)/C=C/c6ccc(O)c(O)c6)C(C)(C)[C@@H]5CC[C@]43C)C12. The van der Waals surface area contributed by atoms with Crippen LogP contribution in [0.25, 0.3) is 6.08 Å². The molecule has 246 valence electrons. The number of carbonyl (C=O) groups excluding carboxylic acids is 1. The van der Waals surface area contributed by atoms with Gasteiger partial charge < -0.3 is 20.1 Å². The molecule has 3 N–H and O–H groups in total. The van der Waals surface area contributed by atoms with Gasteiger partial charge in [0.2, 0.25) is 0 Å². The number of phenols is 2. The molecule has 5 fully saturated rings. The summed E-state index contributed by atoms with van der Waals surface area (Å²) in [4.78, 5) is 25.9. The van der Waals surface area contributed by atoms with Crippen LogP contribution in [-0.4, -0.2) is 33.4 Å². The first-order valence-corrected chi connectivity index (χ1v) is 17.3. The minimum absolute atomic E-state index is 0.0898. The lowest BCUT2D eigenvalue weighted by Crippen LogP contribution is -2.67. The van der Waals surface area contributed by atoms with Crippen molar-refractivity contribution in [3.63, 3.8) is 0 Å². The summed E-state index contributed by atoms with van der Waals surface area (Å²) >= 11 is 0. The molecule has 5 aliphatic carbocycles. The molecule has 0 saturated heterocycles. The average molecular weight is 619 g/mol. The monoisotopic (exact) mass is 618 g/mol. The average Bonchev–Trinajstić information content (AvgIpc) is 3.37. The Balaban J connectivity index is 1.23. The van der Waals surface area contributed by atoms with Crippen molar-refractivity contribution in [3.8, 4) is 11.5 Å². The lowest BCUT2D eigenvalue weighted by Gasteiger charge is -2.72. The summed E-state index contributed by atoms with van der Waals surface area (Å²) in [6, 6.07) is 4.46. The zero-order valence-electron chi connectivity index (χ0n) is 28.2. The van der Waals surface area contributed by atoms with E-state index in [9.17, 15) is 24.9 Å². The second kappa shape index (κ2) is 10.6. The quantitative estimate of drug-likeness (QED) is 0.132. The zero-order chi connectivity index (χ0) is 32.7. The van der Waals surface area contributed by atoms with Crippen LogP contribution in [0.5, 0.6) is 11.5 Å². The number of carbonyl (C=O) groups is 2.